The van der Waals surface area contributed by atoms with E-state index < -0.39 is 6.29 Å². The van der Waals surface area contributed by atoms with Gasteiger partial charge in [0.25, 0.3) is 0 Å². The number of ether oxygens (including phenoxy) is 3. The second kappa shape index (κ2) is 19.9. The summed E-state index contributed by atoms with van der Waals surface area (Å²) < 4.78 is 19.9. The molecule has 3 aliphatic rings. The number of amides is 3. The zero-order valence-corrected chi connectivity index (χ0v) is 37.0. The molecule has 10 heteroatoms. The van der Waals surface area contributed by atoms with Crippen LogP contribution in [0.1, 0.15) is 101 Å². The average Bonchev–Trinajstić information content (AvgIpc) is 3.29. The summed E-state index contributed by atoms with van der Waals surface area (Å²) in [5.74, 6) is 2.10. The van der Waals surface area contributed by atoms with E-state index in [1.165, 1.54) is 19.3 Å². The third kappa shape index (κ3) is 11.2. The molecule has 10 nitrogen and oxygen atoms in total. The van der Waals surface area contributed by atoms with E-state index in [0.29, 0.717) is 36.5 Å². The summed E-state index contributed by atoms with van der Waals surface area (Å²) in [6.45, 7) is 9.30. The van der Waals surface area contributed by atoms with Gasteiger partial charge in [0.2, 0.25) is 5.91 Å². The van der Waals surface area contributed by atoms with Crippen LogP contribution in [0.15, 0.2) is 127 Å². The van der Waals surface area contributed by atoms with Crippen molar-refractivity contribution in [3.05, 3.63) is 150 Å². The van der Waals surface area contributed by atoms with Crippen LogP contribution in [0.5, 0.6) is 11.5 Å². The summed E-state index contributed by atoms with van der Waals surface area (Å²) in [5, 5.41) is 19.0. The van der Waals surface area contributed by atoms with Crippen LogP contribution < -0.4 is 20.7 Å². The molecule has 0 bridgehead atoms. The summed E-state index contributed by atoms with van der Waals surface area (Å²) in [7, 11) is 0. The number of aliphatic hydroxyl groups excluding tert-OH is 1. The molecule has 2 heterocycles. The molecule has 1 aliphatic carbocycles. The van der Waals surface area contributed by atoms with Crippen LogP contribution in [0.2, 0.25) is 0 Å². The third-order valence-electron chi connectivity index (χ3n) is 12.8. The van der Waals surface area contributed by atoms with Crippen LogP contribution >= 0.6 is 0 Å². The minimum absolute atomic E-state index is 0.0193. The first-order valence-corrected chi connectivity index (χ1v) is 22.6. The van der Waals surface area contributed by atoms with Gasteiger partial charge in [0.15, 0.2) is 6.29 Å². The van der Waals surface area contributed by atoms with Gasteiger partial charge >= 0.3 is 6.03 Å². The maximum atomic E-state index is 14.0. The Morgan fingerprint density at radius 2 is 1.46 bits per heavy atom. The topological polar surface area (TPSA) is 121 Å². The smallest absolute Gasteiger partial charge is 0.319 e. The van der Waals surface area contributed by atoms with Crippen molar-refractivity contribution in [1.29, 1.82) is 0 Å². The van der Waals surface area contributed by atoms with E-state index in [2.05, 4.69) is 70.2 Å². The van der Waals surface area contributed by atoms with E-state index in [1.807, 2.05) is 106 Å². The number of nitrogens with one attached hydrogen (secondary N) is 3. The predicted octanol–water partition coefficient (Wildman–Crippen LogP) is 10.7. The van der Waals surface area contributed by atoms with E-state index in [4.69, 9.17) is 14.2 Å². The number of urea groups is 1. The fourth-order valence-electron chi connectivity index (χ4n) is 9.58. The highest BCUT2D eigenvalue weighted by Gasteiger charge is 2.46. The molecule has 5 aromatic rings. The van der Waals surface area contributed by atoms with Gasteiger partial charge in [0.05, 0.1) is 24.9 Å². The number of anilines is 1. The van der Waals surface area contributed by atoms with E-state index in [0.717, 1.165) is 58.4 Å². The second-order valence-corrected chi connectivity index (χ2v) is 18.5. The number of rotatable bonds is 12. The van der Waals surface area contributed by atoms with Gasteiger partial charge in [-0.1, -0.05) is 98.6 Å². The van der Waals surface area contributed by atoms with Gasteiger partial charge in [-0.2, -0.15) is 0 Å². The number of fused-ring (bicyclic) bond motifs is 1. The van der Waals surface area contributed by atoms with Crippen LogP contribution in [-0.4, -0.2) is 52.2 Å². The van der Waals surface area contributed by atoms with Crippen LogP contribution in [0.3, 0.4) is 0 Å². The van der Waals surface area contributed by atoms with Crippen molar-refractivity contribution in [3.63, 3.8) is 0 Å². The first-order valence-electron chi connectivity index (χ1n) is 22.6. The second-order valence-electron chi connectivity index (χ2n) is 18.5. The molecule has 4 N–H and O–H groups in total. The van der Waals surface area contributed by atoms with Gasteiger partial charge in [-0.25, -0.2) is 4.79 Å². The molecule has 2 saturated heterocycles. The molecule has 7 atom stereocenters. The maximum Gasteiger partial charge on any atom is 0.319 e. The molecular formula is C53H62N4O6. The number of likely N-dealkylation sites (tertiary alicyclic amines) is 1. The quantitative estimate of drug-likeness (QED) is 0.0986. The summed E-state index contributed by atoms with van der Waals surface area (Å²) in [5.41, 5.74) is 6.08. The van der Waals surface area contributed by atoms with Crippen molar-refractivity contribution in [1.82, 2.24) is 15.5 Å². The van der Waals surface area contributed by atoms with Gasteiger partial charge in [0.1, 0.15) is 11.5 Å². The number of aliphatic hydroxyl groups is 1. The molecular weight excluding hydrogens is 789 g/mol. The molecule has 0 radical (unpaired) electrons. The number of para-hydroxylation sites is 1. The maximum absolute atomic E-state index is 14.0. The molecule has 3 fully saturated rings. The SMILES string of the molecule is CC1C(CN2C(C(=O)NC(C)(C)C)CCC3CCCCC32)OC(c2cccc(-c3cccc(CNC(=O)Nc4ccc(Oc5ccccc5)cc4)c3)c2)OC1c1ccc(CO)cc1. The zero-order valence-electron chi connectivity index (χ0n) is 37.0. The molecule has 330 valence electrons. The van der Waals surface area contributed by atoms with Gasteiger partial charge in [-0.15, -0.1) is 0 Å². The van der Waals surface area contributed by atoms with Crippen LogP contribution in [0, 0.1) is 11.8 Å². The van der Waals surface area contributed by atoms with Crippen LogP contribution in [-0.2, 0) is 27.4 Å². The lowest BCUT2D eigenvalue weighted by molar-refractivity contribution is -0.278. The molecule has 0 spiro atoms. The average molecular weight is 851 g/mol. The number of carbonyl (C=O) groups excluding carboxylic acids is 2. The van der Waals surface area contributed by atoms with Crippen molar-refractivity contribution in [3.8, 4) is 22.6 Å². The highest BCUT2D eigenvalue weighted by atomic mass is 16.7. The van der Waals surface area contributed by atoms with E-state index >= 15 is 0 Å². The van der Waals surface area contributed by atoms with E-state index in [1.54, 1.807) is 0 Å². The van der Waals surface area contributed by atoms with Gasteiger partial charge in [-0.05, 0) is 129 Å². The Kier molecular flexibility index (Phi) is 13.9. The minimum atomic E-state index is -0.657. The lowest BCUT2D eigenvalue weighted by Crippen LogP contribution is -2.61. The fraction of sp³-hybridized carbons (Fsp3) is 0.396. The van der Waals surface area contributed by atoms with Crippen molar-refractivity contribution >= 4 is 17.6 Å². The fourth-order valence-corrected chi connectivity index (χ4v) is 9.58. The summed E-state index contributed by atoms with van der Waals surface area (Å²) in [6.07, 6.45) is 5.49. The molecule has 8 rings (SSSR count). The molecule has 0 aromatic heterocycles. The number of hydrogen-bond donors (Lipinski definition) is 4. The Bertz CT molecular complexity index is 2300. The minimum Gasteiger partial charge on any atom is -0.457 e. The standard InChI is InChI=1S/C53H62N4O6/c1-35-48(33-57-46-19-9-8-13-38(46)24-29-47(57)50(59)56-53(2,3)4)62-51(63-49(35)39-22-20-36(34-58)21-23-39)42-16-11-15-41(31-42)40-14-10-12-37(30-40)32-54-52(60)55-43-25-27-45(28-26-43)61-44-17-6-5-7-18-44/h5-7,10-12,14-18,20-23,25-28,30-31,35,38,46-49,51,58H,8-9,13,19,24,29,32-34H2,1-4H3,(H,56,59)(H2,54,55,60). The highest BCUT2D eigenvalue weighted by Crippen LogP contribution is 2.45. The Hall–Kier alpha value is -5.52. The highest BCUT2D eigenvalue weighted by molar-refractivity contribution is 5.89. The normalized spacial score (nSPS) is 23.9. The first-order chi connectivity index (χ1) is 30.5. The lowest BCUT2D eigenvalue weighted by atomic mass is 9.75. The van der Waals surface area contributed by atoms with Crippen molar-refractivity contribution in [2.75, 3.05) is 11.9 Å². The third-order valence-corrected chi connectivity index (χ3v) is 12.8. The van der Waals surface area contributed by atoms with Crippen molar-refractivity contribution < 1.29 is 28.9 Å². The van der Waals surface area contributed by atoms with Crippen LogP contribution in [0.25, 0.3) is 11.1 Å². The van der Waals surface area contributed by atoms with Crippen molar-refractivity contribution in [2.24, 2.45) is 11.8 Å². The van der Waals surface area contributed by atoms with Gasteiger partial charge in [0, 0.05) is 41.8 Å². The van der Waals surface area contributed by atoms with Crippen molar-refractivity contribution in [2.45, 2.75) is 115 Å². The summed E-state index contributed by atoms with van der Waals surface area (Å²) >= 11 is 0. The number of carbonyl (C=O) groups is 2. The Balaban J connectivity index is 0.986. The largest absolute Gasteiger partial charge is 0.457 e. The molecule has 7 unspecified atom stereocenters. The number of nitrogens with zero attached hydrogens (tertiary/aromatic N) is 1. The van der Waals surface area contributed by atoms with Gasteiger partial charge < -0.3 is 35.3 Å². The van der Waals surface area contributed by atoms with Crippen LogP contribution in [0.4, 0.5) is 10.5 Å². The predicted molar refractivity (Wildman–Crippen MR) is 247 cm³/mol. The Labute approximate surface area is 372 Å². The van der Waals surface area contributed by atoms with E-state index in [-0.39, 0.29) is 48.3 Å². The molecule has 1 saturated carbocycles. The van der Waals surface area contributed by atoms with Gasteiger partial charge in [-0.3, -0.25) is 9.69 Å². The molecule has 63 heavy (non-hydrogen) atoms. The number of hydrogen-bond acceptors (Lipinski definition) is 7. The summed E-state index contributed by atoms with van der Waals surface area (Å²) in [6, 6.07) is 41.1. The Morgan fingerprint density at radius 3 is 2.21 bits per heavy atom. The Morgan fingerprint density at radius 1 is 0.746 bits per heavy atom. The first kappa shape index (κ1) is 44.1. The molecule has 3 amide bonds. The zero-order chi connectivity index (χ0) is 43.9. The lowest BCUT2D eigenvalue weighted by Gasteiger charge is -2.51. The number of benzene rings is 5. The molecule has 5 aromatic carbocycles. The monoisotopic (exact) mass is 850 g/mol. The molecule has 2 aliphatic heterocycles. The van der Waals surface area contributed by atoms with E-state index in [9.17, 15) is 14.7 Å². The summed E-state index contributed by atoms with van der Waals surface area (Å²) in [4.78, 5) is 29.4. The number of piperidine rings is 1.